The number of benzene rings is 2. The van der Waals surface area contributed by atoms with E-state index in [9.17, 15) is 5.11 Å². The van der Waals surface area contributed by atoms with Crippen LogP contribution < -0.4 is 5.32 Å². The largest absolute Gasteiger partial charge is 0.508 e. The molecule has 1 aliphatic carbocycles. The second kappa shape index (κ2) is 6.90. The summed E-state index contributed by atoms with van der Waals surface area (Å²) in [7, 11) is 0. The molecule has 2 aliphatic rings. The van der Waals surface area contributed by atoms with Crippen LogP contribution in [0.4, 0.5) is 0 Å². The third-order valence-electron chi connectivity index (χ3n) is 6.22. The van der Waals surface area contributed by atoms with Crippen LogP contribution in [0.2, 0.25) is 0 Å². The van der Waals surface area contributed by atoms with E-state index < -0.39 is 0 Å². The number of hydrogen-bond acceptors (Lipinski definition) is 2. The fourth-order valence-electron chi connectivity index (χ4n) is 4.93. The average Bonchev–Trinajstić information content (AvgIpc) is 3.06. The van der Waals surface area contributed by atoms with E-state index in [2.05, 4.69) is 46.7 Å². The van der Waals surface area contributed by atoms with E-state index in [4.69, 9.17) is 0 Å². The number of aromatic nitrogens is 1. The van der Waals surface area contributed by atoms with Gasteiger partial charge in [0.1, 0.15) is 5.75 Å². The van der Waals surface area contributed by atoms with Crippen LogP contribution in [0.1, 0.15) is 36.1 Å². The second-order valence-electron chi connectivity index (χ2n) is 7.98. The zero-order valence-electron chi connectivity index (χ0n) is 15.5. The number of aromatic amines is 1. The van der Waals surface area contributed by atoms with Gasteiger partial charge in [0.2, 0.25) is 0 Å². The van der Waals surface area contributed by atoms with E-state index in [1.807, 2.05) is 12.1 Å². The first kappa shape index (κ1) is 16.6. The molecule has 138 valence electrons. The first-order valence-electron chi connectivity index (χ1n) is 10.1. The summed E-state index contributed by atoms with van der Waals surface area (Å²) in [5.41, 5.74) is 6.74. The van der Waals surface area contributed by atoms with Gasteiger partial charge < -0.3 is 15.4 Å². The van der Waals surface area contributed by atoms with Gasteiger partial charge in [0.05, 0.1) is 0 Å². The van der Waals surface area contributed by atoms with Gasteiger partial charge in [-0.1, -0.05) is 36.4 Å². The molecule has 2 aromatic carbocycles. The Balaban J connectivity index is 1.38. The van der Waals surface area contributed by atoms with Gasteiger partial charge in [0.25, 0.3) is 0 Å². The molecule has 3 nitrogen and oxygen atoms in total. The predicted octanol–water partition coefficient (Wildman–Crippen LogP) is 4.81. The third kappa shape index (κ3) is 3.17. The highest BCUT2D eigenvalue weighted by atomic mass is 16.3. The van der Waals surface area contributed by atoms with Gasteiger partial charge in [-0.2, -0.15) is 0 Å². The Morgan fingerprint density at radius 1 is 1.07 bits per heavy atom. The fraction of sp³-hybridized carbons (Fsp3) is 0.333. The van der Waals surface area contributed by atoms with E-state index in [1.165, 1.54) is 34.2 Å². The summed E-state index contributed by atoms with van der Waals surface area (Å²) in [6, 6.07) is 16.8. The molecule has 1 aromatic heterocycles. The van der Waals surface area contributed by atoms with Crippen molar-refractivity contribution in [2.24, 2.45) is 5.92 Å². The Morgan fingerprint density at radius 3 is 2.93 bits per heavy atom. The molecular weight excluding hydrogens is 332 g/mol. The lowest BCUT2D eigenvalue weighted by molar-refractivity contribution is 0.383. The van der Waals surface area contributed by atoms with Crippen molar-refractivity contribution in [3.8, 4) is 5.75 Å². The molecule has 3 N–H and O–H groups in total. The van der Waals surface area contributed by atoms with Gasteiger partial charge in [0, 0.05) is 22.6 Å². The van der Waals surface area contributed by atoms with Crippen molar-refractivity contribution >= 4 is 16.5 Å². The molecule has 0 bridgehead atoms. The maximum Gasteiger partial charge on any atom is 0.116 e. The van der Waals surface area contributed by atoms with Gasteiger partial charge in [-0.05, 0) is 79.5 Å². The van der Waals surface area contributed by atoms with Crippen LogP contribution in [0, 0.1) is 5.92 Å². The smallest absolute Gasteiger partial charge is 0.116 e. The van der Waals surface area contributed by atoms with E-state index in [-0.39, 0.29) is 0 Å². The number of phenolic OH excluding ortho intramolecular Hbond substituents is 1. The lowest BCUT2D eigenvalue weighted by Crippen LogP contribution is -2.36. The topological polar surface area (TPSA) is 48.0 Å². The fourth-order valence-corrected chi connectivity index (χ4v) is 4.93. The first-order valence-corrected chi connectivity index (χ1v) is 10.1. The molecule has 1 aliphatic heterocycles. The van der Waals surface area contributed by atoms with Gasteiger partial charge in [-0.25, -0.2) is 0 Å². The minimum absolute atomic E-state index is 0.346. The summed E-state index contributed by atoms with van der Waals surface area (Å²) in [6.45, 7) is 1.04. The number of aryl methyl sites for hydroxylation is 1. The van der Waals surface area contributed by atoms with Crippen LogP contribution in [-0.4, -0.2) is 22.7 Å². The number of nitrogens with one attached hydrogen (secondary N) is 2. The van der Waals surface area contributed by atoms with Crippen molar-refractivity contribution in [1.82, 2.24) is 10.3 Å². The van der Waals surface area contributed by atoms with Crippen LogP contribution >= 0.6 is 0 Å². The van der Waals surface area contributed by atoms with E-state index in [0.29, 0.717) is 17.7 Å². The Labute approximate surface area is 160 Å². The van der Waals surface area contributed by atoms with Gasteiger partial charge in [-0.15, -0.1) is 0 Å². The van der Waals surface area contributed by atoms with Crippen LogP contribution in [0.25, 0.3) is 16.5 Å². The van der Waals surface area contributed by atoms with Crippen LogP contribution in [0.5, 0.6) is 5.75 Å². The van der Waals surface area contributed by atoms with Crippen LogP contribution in [0.3, 0.4) is 0 Å². The Hall–Kier alpha value is -2.52. The monoisotopic (exact) mass is 358 g/mol. The highest BCUT2D eigenvalue weighted by Crippen LogP contribution is 2.36. The quantitative estimate of drug-likeness (QED) is 0.629. The average molecular weight is 358 g/mol. The molecule has 0 radical (unpaired) electrons. The number of rotatable bonds is 3. The minimum Gasteiger partial charge on any atom is -0.508 e. The number of aromatic hydroxyl groups is 1. The summed E-state index contributed by atoms with van der Waals surface area (Å²) in [5.74, 6) is 1.03. The highest BCUT2D eigenvalue weighted by Gasteiger charge is 2.27. The van der Waals surface area contributed by atoms with E-state index >= 15 is 0 Å². The molecule has 2 heterocycles. The molecule has 2 atom stereocenters. The molecule has 2 unspecified atom stereocenters. The van der Waals surface area contributed by atoms with E-state index in [0.717, 1.165) is 37.8 Å². The van der Waals surface area contributed by atoms with Crippen molar-refractivity contribution in [2.75, 3.05) is 6.54 Å². The summed E-state index contributed by atoms with van der Waals surface area (Å²) < 4.78 is 0. The summed E-state index contributed by atoms with van der Waals surface area (Å²) in [6.07, 6.45) is 8.11. The maximum atomic E-state index is 9.89. The van der Waals surface area contributed by atoms with Gasteiger partial charge >= 0.3 is 0 Å². The number of hydrogen-bond donors (Lipinski definition) is 3. The normalized spacial score (nSPS) is 22.4. The van der Waals surface area contributed by atoms with Gasteiger partial charge in [-0.3, -0.25) is 0 Å². The molecule has 0 saturated heterocycles. The zero-order valence-corrected chi connectivity index (χ0v) is 15.5. The minimum atomic E-state index is 0.346. The predicted molar refractivity (Wildman–Crippen MR) is 111 cm³/mol. The number of para-hydroxylation sites is 1. The standard InChI is InChI=1S/C24H26N2O/c27-18-6-3-5-17(15-18)19-8-4-12-25-24(19)14-16-10-11-23-21(13-16)20-7-1-2-9-22(20)26-23/h1-3,5-9,15-16,24-27H,4,10-14H2. The Bertz CT molecular complexity index is 1000. The highest BCUT2D eigenvalue weighted by molar-refractivity contribution is 5.84. The van der Waals surface area contributed by atoms with Crippen LogP contribution in [0.15, 0.2) is 54.6 Å². The van der Waals surface area contributed by atoms with Crippen molar-refractivity contribution in [2.45, 2.75) is 38.1 Å². The first-order chi connectivity index (χ1) is 13.3. The number of fused-ring (bicyclic) bond motifs is 3. The molecule has 5 rings (SSSR count). The van der Waals surface area contributed by atoms with Crippen molar-refractivity contribution in [3.05, 3.63) is 71.4 Å². The molecule has 0 spiro atoms. The van der Waals surface area contributed by atoms with Crippen LogP contribution in [-0.2, 0) is 12.8 Å². The number of H-pyrrole nitrogens is 1. The van der Waals surface area contributed by atoms with Gasteiger partial charge in [0.15, 0.2) is 0 Å². The molecule has 27 heavy (non-hydrogen) atoms. The maximum absolute atomic E-state index is 9.89. The molecule has 0 saturated carbocycles. The molecular formula is C24H26N2O. The SMILES string of the molecule is Oc1cccc(C2=CCCNC2CC2CCc3[nH]c4ccccc4c3C2)c1. The summed E-state index contributed by atoms with van der Waals surface area (Å²) in [4.78, 5) is 3.63. The van der Waals surface area contributed by atoms with Crippen molar-refractivity contribution in [1.29, 1.82) is 0 Å². The van der Waals surface area contributed by atoms with E-state index in [1.54, 1.807) is 6.07 Å². The molecule has 3 aromatic rings. The summed E-state index contributed by atoms with van der Waals surface area (Å²) in [5, 5.41) is 15.0. The van der Waals surface area contributed by atoms with Crippen molar-refractivity contribution < 1.29 is 5.11 Å². The Kier molecular flexibility index (Phi) is 4.25. The lowest BCUT2D eigenvalue weighted by atomic mass is 9.80. The number of phenols is 1. The molecule has 3 heteroatoms. The zero-order chi connectivity index (χ0) is 18.2. The molecule has 0 amide bonds. The van der Waals surface area contributed by atoms with Crippen molar-refractivity contribution in [3.63, 3.8) is 0 Å². The second-order valence-corrected chi connectivity index (χ2v) is 7.98. The third-order valence-corrected chi connectivity index (χ3v) is 6.22. The lowest BCUT2D eigenvalue weighted by Gasteiger charge is -2.31. The summed E-state index contributed by atoms with van der Waals surface area (Å²) >= 11 is 0. The Morgan fingerprint density at radius 2 is 2.00 bits per heavy atom. The molecule has 0 fully saturated rings.